The summed E-state index contributed by atoms with van der Waals surface area (Å²) in [5.41, 5.74) is 1.39. The third-order valence-corrected chi connectivity index (χ3v) is 2.65. The monoisotopic (exact) mass is 276 g/mol. The molecule has 0 unspecified atom stereocenters. The fourth-order valence-corrected chi connectivity index (χ4v) is 1.72. The highest BCUT2D eigenvalue weighted by molar-refractivity contribution is 5.94. The minimum atomic E-state index is -0.331. The van der Waals surface area contributed by atoms with Crippen LogP contribution in [0.3, 0.4) is 0 Å². The Morgan fingerprint density at radius 3 is 2.50 bits per heavy atom. The van der Waals surface area contributed by atoms with Gasteiger partial charge in [-0.05, 0) is 37.1 Å². The lowest BCUT2D eigenvalue weighted by Gasteiger charge is -2.09. The van der Waals surface area contributed by atoms with Crippen molar-refractivity contribution in [3.05, 3.63) is 42.0 Å². The summed E-state index contributed by atoms with van der Waals surface area (Å²) in [4.78, 5) is 11.8. The summed E-state index contributed by atoms with van der Waals surface area (Å²) >= 11 is 0. The average molecular weight is 276 g/mol. The maximum Gasteiger partial charge on any atom is 0.334 e. The maximum absolute atomic E-state index is 11.8. The van der Waals surface area contributed by atoms with Crippen LogP contribution < -0.4 is 9.47 Å². The Morgan fingerprint density at radius 1 is 1.25 bits per heavy atom. The van der Waals surface area contributed by atoms with E-state index in [1.807, 2.05) is 6.07 Å². The average Bonchev–Trinajstić information content (AvgIpc) is 2.46. The Balaban J connectivity index is 3.10. The predicted octanol–water partition coefficient (Wildman–Crippen LogP) is 3.23. The molecule has 0 N–H and O–H groups in total. The zero-order valence-electron chi connectivity index (χ0n) is 12.1. The molecule has 0 heterocycles. The highest BCUT2D eigenvalue weighted by Gasteiger charge is 2.10. The van der Waals surface area contributed by atoms with Crippen LogP contribution in [0.2, 0.25) is 0 Å². The number of hydrogen-bond donors (Lipinski definition) is 0. The van der Waals surface area contributed by atoms with Crippen molar-refractivity contribution in [2.45, 2.75) is 13.3 Å². The molecule has 0 amide bonds. The molecule has 0 aliphatic rings. The van der Waals surface area contributed by atoms with Gasteiger partial charge in [0, 0.05) is 5.57 Å². The van der Waals surface area contributed by atoms with E-state index in [1.165, 1.54) is 0 Å². The van der Waals surface area contributed by atoms with Crippen LogP contribution in [0.15, 0.2) is 36.4 Å². The van der Waals surface area contributed by atoms with Gasteiger partial charge in [0.25, 0.3) is 0 Å². The van der Waals surface area contributed by atoms with E-state index in [2.05, 4.69) is 6.58 Å². The lowest BCUT2D eigenvalue weighted by Crippen LogP contribution is -2.07. The van der Waals surface area contributed by atoms with Crippen LogP contribution >= 0.6 is 0 Å². The highest BCUT2D eigenvalue weighted by Crippen LogP contribution is 2.28. The van der Waals surface area contributed by atoms with Gasteiger partial charge < -0.3 is 14.2 Å². The molecular weight excluding hydrogens is 256 g/mol. The molecule has 0 aliphatic heterocycles. The molecule has 1 rings (SSSR count). The number of carbonyl (C=O) groups is 1. The van der Waals surface area contributed by atoms with Crippen LogP contribution in [0.4, 0.5) is 0 Å². The second-order valence-corrected chi connectivity index (χ2v) is 4.00. The molecule has 108 valence electrons. The Kier molecular flexibility index (Phi) is 6.37. The smallest absolute Gasteiger partial charge is 0.334 e. The van der Waals surface area contributed by atoms with Crippen LogP contribution in [0.1, 0.15) is 18.9 Å². The van der Waals surface area contributed by atoms with Gasteiger partial charge in [-0.25, -0.2) is 4.79 Å². The predicted molar refractivity (Wildman–Crippen MR) is 79.0 cm³/mol. The normalized spacial score (nSPS) is 10.8. The molecule has 0 saturated carbocycles. The van der Waals surface area contributed by atoms with E-state index in [0.717, 1.165) is 5.56 Å². The van der Waals surface area contributed by atoms with Crippen molar-refractivity contribution in [2.75, 3.05) is 20.8 Å². The number of methoxy groups -OCH3 is 2. The number of rotatable bonds is 7. The lowest BCUT2D eigenvalue weighted by molar-refractivity contribution is -0.138. The first-order chi connectivity index (χ1) is 9.65. The van der Waals surface area contributed by atoms with E-state index in [9.17, 15) is 4.79 Å². The fourth-order valence-electron chi connectivity index (χ4n) is 1.72. The Hall–Kier alpha value is -2.23. The van der Waals surface area contributed by atoms with Crippen molar-refractivity contribution in [3.8, 4) is 11.5 Å². The molecule has 0 radical (unpaired) electrons. The molecule has 4 nitrogen and oxygen atoms in total. The molecule has 0 saturated heterocycles. The standard InChI is InChI=1S/C16H20O4/c1-5-7-13(16(17)20-6-2)10-12-8-9-14(18-3)15(11-12)19-4/h5,8-11H,1,6-7H2,2-4H3/b13-10+. The van der Waals surface area contributed by atoms with Gasteiger partial charge in [0.15, 0.2) is 11.5 Å². The van der Waals surface area contributed by atoms with Crippen molar-refractivity contribution < 1.29 is 19.0 Å². The molecular formula is C16H20O4. The topological polar surface area (TPSA) is 44.8 Å². The molecule has 0 aromatic heterocycles. The number of benzene rings is 1. The summed E-state index contributed by atoms with van der Waals surface area (Å²) in [5, 5.41) is 0. The molecule has 4 heteroatoms. The third-order valence-electron chi connectivity index (χ3n) is 2.65. The van der Waals surface area contributed by atoms with Gasteiger partial charge in [-0.1, -0.05) is 12.1 Å². The number of esters is 1. The van der Waals surface area contributed by atoms with Gasteiger partial charge in [-0.3, -0.25) is 0 Å². The summed E-state index contributed by atoms with van der Waals surface area (Å²) in [7, 11) is 3.15. The van der Waals surface area contributed by atoms with Gasteiger partial charge in [0.1, 0.15) is 0 Å². The van der Waals surface area contributed by atoms with Gasteiger partial charge in [-0.15, -0.1) is 6.58 Å². The summed E-state index contributed by atoms with van der Waals surface area (Å²) in [6, 6.07) is 5.45. The van der Waals surface area contributed by atoms with E-state index in [-0.39, 0.29) is 5.97 Å². The van der Waals surface area contributed by atoms with Crippen molar-refractivity contribution >= 4 is 12.0 Å². The van der Waals surface area contributed by atoms with Crippen LogP contribution in [-0.2, 0) is 9.53 Å². The quantitative estimate of drug-likeness (QED) is 0.436. The van der Waals surface area contributed by atoms with Crippen LogP contribution in [0, 0.1) is 0 Å². The van der Waals surface area contributed by atoms with E-state index < -0.39 is 0 Å². The van der Waals surface area contributed by atoms with Crippen LogP contribution in [0.25, 0.3) is 6.08 Å². The second-order valence-electron chi connectivity index (χ2n) is 4.00. The Bertz CT molecular complexity index is 503. The molecule has 0 atom stereocenters. The molecule has 1 aromatic rings. The third kappa shape index (κ3) is 4.16. The number of ether oxygens (including phenoxy) is 3. The summed E-state index contributed by atoms with van der Waals surface area (Å²) in [6.45, 7) is 5.78. The number of allylic oxidation sites excluding steroid dienone is 1. The zero-order chi connectivity index (χ0) is 15.0. The lowest BCUT2D eigenvalue weighted by atomic mass is 10.1. The molecule has 20 heavy (non-hydrogen) atoms. The Labute approximate surface area is 119 Å². The zero-order valence-corrected chi connectivity index (χ0v) is 12.1. The highest BCUT2D eigenvalue weighted by atomic mass is 16.5. The fraction of sp³-hybridized carbons (Fsp3) is 0.312. The second kappa shape index (κ2) is 8.04. The van der Waals surface area contributed by atoms with Crippen molar-refractivity contribution in [1.29, 1.82) is 0 Å². The first-order valence-corrected chi connectivity index (χ1v) is 6.36. The molecule has 1 aromatic carbocycles. The molecule has 0 aliphatic carbocycles. The number of hydrogen-bond acceptors (Lipinski definition) is 4. The minimum Gasteiger partial charge on any atom is -0.493 e. The molecule has 0 bridgehead atoms. The summed E-state index contributed by atoms with van der Waals surface area (Å²) in [6.07, 6.45) is 3.89. The van der Waals surface area contributed by atoms with Crippen LogP contribution in [0.5, 0.6) is 11.5 Å². The van der Waals surface area contributed by atoms with E-state index in [0.29, 0.717) is 30.1 Å². The van der Waals surface area contributed by atoms with Crippen molar-refractivity contribution in [1.82, 2.24) is 0 Å². The van der Waals surface area contributed by atoms with Gasteiger partial charge in [0.2, 0.25) is 0 Å². The largest absolute Gasteiger partial charge is 0.493 e. The summed E-state index contributed by atoms with van der Waals surface area (Å²) in [5.74, 6) is 0.927. The SMILES string of the molecule is C=CC/C(=C\c1ccc(OC)c(OC)c1)C(=O)OCC. The molecule has 0 fully saturated rings. The van der Waals surface area contributed by atoms with E-state index in [1.54, 1.807) is 45.4 Å². The van der Waals surface area contributed by atoms with Crippen LogP contribution in [-0.4, -0.2) is 26.8 Å². The maximum atomic E-state index is 11.8. The van der Waals surface area contributed by atoms with E-state index in [4.69, 9.17) is 14.2 Å². The molecule has 0 spiro atoms. The van der Waals surface area contributed by atoms with Gasteiger partial charge in [0.05, 0.1) is 20.8 Å². The van der Waals surface area contributed by atoms with Gasteiger partial charge in [-0.2, -0.15) is 0 Å². The minimum absolute atomic E-state index is 0.331. The number of carbonyl (C=O) groups excluding carboxylic acids is 1. The van der Waals surface area contributed by atoms with Crippen molar-refractivity contribution in [3.63, 3.8) is 0 Å². The van der Waals surface area contributed by atoms with Crippen molar-refractivity contribution in [2.24, 2.45) is 0 Å². The Morgan fingerprint density at radius 2 is 1.95 bits per heavy atom. The summed E-state index contributed by atoms with van der Waals surface area (Å²) < 4.78 is 15.4. The first kappa shape index (κ1) is 15.8. The van der Waals surface area contributed by atoms with E-state index >= 15 is 0 Å². The first-order valence-electron chi connectivity index (χ1n) is 6.36. The van der Waals surface area contributed by atoms with Gasteiger partial charge >= 0.3 is 5.97 Å².